The monoisotopic (exact) mass is 407 g/mol. The number of hydrogen-bond acceptors (Lipinski definition) is 4. The number of carbonyl (C=O) groups excluding carboxylic acids is 2. The summed E-state index contributed by atoms with van der Waals surface area (Å²) in [5.74, 6) is -4.85. The fourth-order valence-corrected chi connectivity index (χ4v) is 3.33. The highest BCUT2D eigenvalue weighted by Crippen LogP contribution is 2.35. The van der Waals surface area contributed by atoms with E-state index in [9.17, 15) is 23.5 Å². The van der Waals surface area contributed by atoms with Crippen molar-refractivity contribution in [1.29, 1.82) is 0 Å². The minimum Gasteiger partial charge on any atom is -0.503 e. The molecule has 146 valence electrons. The van der Waals surface area contributed by atoms with E-state index < -0.39 is 29.3 Å². The number of phenols is 1. The van der Waals surface area contributed by atoms with E-state index in [4.69, 9.17) is 16.3 Å². The highest BCUT2D eigenvalue weighted by atomic mass is 35.5. The number of rotatable bonds is 4. The number of aromatic hydroxyl groups is 1. The highest BCUT2D eigenvalue weighted by molar-refractivity contribution is 6.31. The molecule has 0 amide bonds. The van der Waals surface area contributed by atoms with Crippen molar-refractivity contribution < 1.29 is 28.2 Å². The topological polar surface area (TPSA) is 68.5 Å². The molecule has 28 heavy (non-hydrogen) atoms. The van der Waals surface area contributed by atoms with Crippen LogP contribution in [0.25, 0.3) is 10.9 Å². The van der Waals surface area contributed by atoms with E-state index in [-0.39, 0.29) is 40.8 Å². The molecule has 0 aliphatic heterocycles. The molecular formula is C20H16ClF2NO4. The van der Waals surface area contributed by atoms with Gasteiger partial charge < -0.3 is 9.84 Å². The van der Waals surface area contributed by atoms with Crippen molar-refractivity contribution in [3.05, 3.63) is 63.8 Å². The third-order valence-electron chi connectivity index (χ3n) is 4.39. The van der Waals surface area contributed by atoms with Gasteiger partial charge >= 0.3 is 5.97 Å². The second-order valence-electron chi connectivity index (χ2n) is 6.11. The molecular weight excluding hydrogens is 392 g/mol. The van der Waals surface area contributed by atoms with E-state index in [0.717, 1.165) is 10.6 Å². The third-order valence-corrected chi connectivity index (χ3v) is 4.62. The van der Waals surface area contributed by atoms with Gasteiger partial charge in [-0.2, -0.15) is 0 Å². The summed E-state index contributed by atoms with van der Waals surface area (Å²) in [6.45, 7) is 3.25. The molecule has 1 N–H and O–H groups in total. The zero-order chi connectivity index (χ0) is 20.6. The first-order valence-electron chi connectivity index (χ1n) is 8.43. The number of aromatic nitrogens is 1. The number of carbonyl (C=O) groups is 2. The Morgan fingerprint density at radius 1 is 1.25 bits per heavy atom. The highest BCUT2D eigenvalue weighted by Gasteiger charge is 2.27. The van der Waals surface area contributed by atoms with Gasteiger partial charge in [0.25, 0.3) is 5.91 Å². The summed E-state index contributed by atoms with van der Waals surface area (Å²) in [5, 5.41) is 9.79. The maximum atomic E-state index is 14.7. The van der Waals surface area contributed by atoms with Crippen LogP contribution >= 0.6 is 11.6 Å². The number of ether oxygens (including phenoxy) is 1. The number of hydrogen-bond donors (Lipinski definition) is 1. The normalized spacial score (nSPS) is 11.0. The molecule has 0 radical (unpaired) electrons. The van der Waals surface area contributed by atoms with E-state index in [0.29, 0.717) is 5.02 Å². The molecule has 2 aromatic carbocycles. The predicted molar refractivity (Wildman–Crippen MR) is 99.8 cm³/mol. The Morgan fingerprint density at radius 2 is 1.96 bits per heavy atom. The molecule has 0 atom stereocenters. The molecule has 0 fully saturated rings. The summed E-state index contributed by atoms with van der Waals surface area (Å²) in [4.78, 5) is 25.0. The van der Waals surface area contributed by atoms with Gasteiger partial charge in [0.05, 0.1) is 18.5 Å². The van der Waals surface area contributed by atoms with Crippen molar-refractivity contribution in [3.8, 4) is 5.75 Å². The molecule has 0 spiro atoms. The van der Waals surface area contributed by atoms with E-state index in [1.807, 2.05) is 0 Å². The number of nitrogens with zero attached hydrogens (tertiary/aromatic N) is 1. The van der Waals surface area contributed by atoms with Crippen LogP contribution in [0, 0.1) is 18.6 Å². The number of esters is 1. The third kappa shape index (κ3) is 3.33. The number of fused-ring (bicyclic) bond motifs is 1. The van der Waals surface area contributed by atoms with Gasteiger partial charge in [-0.3, -0.25) is 14.2 Å². The summed E-state index contributed by atoms with van der Waals surface area (Å²) in [6, 6.07) is 6.95. The van der Waals surface area contributed by atoms with Crippen LogP contribution in [0.15, 0.2) is 30.3 Å². The lowest BCUT2D eigenvalue weighted by molar-refractivity contribution is -0.142. The molecule has 0 unspecified atom stereocenters. The Morgan fingerprint density at radius 3 is 2.61 bits per heavy atom. The van der Waals surface area contributed by atoms with E-state index >= 15 is 0 Å². The molecule has 0 aliphatic rings. The number of halogens is 3. The fourth-order valence-electron chi connectivity index (χ4n) is 3.14. The SMILES string of the molecule is CCOC(=O)Cc1c(C)n(C(=O)c2cccc(Cl)c2)c2cc(F)c(O)c(F)c12. The van der Waals surface area contributed by atoms with Crippen molar-refractivity contribution in [3.63, 3.8) is 0 Å². The van der Waals surface area contributed by atoms with Gasteiger partial charge in [-0.25, -0.2) is 8.78 Å². The quantitative estimate of drug-likeness (QED) is 0.652. The smallest absolute Gasteiger partial charge is 0.310 e. The van der Waals surface area contributed by atoms with Crippen molar-refractivity contribution in [2.24, 2.45) is 0 Å². The van der Waals surface area contributed by atoms with Crippen LogP contribution in [-0.2, 0) is 16.0 Å². The summed E-state index contributed by atoms with van der Waals surface area (Å²) >= 11 is 5.94. The summed E-state index contributed by atoms with van der Waals surface area (Å²) in [5.41, 5.74) is 0.465. The Hall–Kier alpha value is -2.93. The van der Waals surface area contributed by atoms with Gasteiger partial charge in [0.2, 0.25) is 0 Å². The van der Waals surface area contributed by atoms with Crippen LogP contribution in [0.4, 0.5) is 8.78 Å². The zero-order valence-electron chi connectivity index (χ0n) is 15.1. The van der Waals surface area contributed by atoms with E-state index in [1.165, 1.54) is 19.1 Å². The molecule has 8 heteroatoms. The minimum atomic E-state index is -1.24. The minimum absolute atomic E-state index is 0.102. The number of phenolic OH excluding ortho intramolecular Hbond substituents is 1. The Balaban J connectivity index is 2.29. The zero-order valence-corrected chi connectivity index (χ0v) is 15.8. The van der Waals surface area contributed by atoms with Gasteiger partial charge in [-0.1, -0.05) is 17.7 Å². The second-order valence-corrected chi connectivity index (χ2v) is 6.55. The number of benzene rings is 2. The van der Waals surface area contributed by atoms with Gasteiger partial charge in [0.15, 0.2) is 17.4 Å². The fraction of sp³-hybridized carbons (Fsp3) is 0.200. The average Bonchev–Trinajstić information content (AvgIpc) is 2.91. The maximum absolute atomic E-state index is 14.7. The Kier molecular flexibility index (Phi) is 5.38. The second kappa shape index (κ2) is 7.59. The van der Waals surface area contributed by atoms with Crippen LogP contribution in [-0.4, -0.2) is 28.2 Å². The van der Waals surface area contributed by atoms with Crippen molar-refractivity contribution >= 4 is 34.4 Å². The first-order chi connectivity index (χ1) is 13.3. The van der Waals surface area contributed by atoms with Crippen LogP contribution in [0.5, 0.6) is 5.75 Å². The van der Waals surface area contributed by atoms with Crippen molar-refractivity contribution in [1.82, 2.24) is 4.57 Å². The first kappa shape index (κ1) is 19.8. The van der Waals surface area contributed by atoms with Gasteiger partial charge in [0.1, 0.15) is 0 Å². The van der Waals surface area contributed by atoms with Gasteiger partial charge in [-0.15, -0.1) is 0 Å². The molecule has 0 saturated carbocycles. The average molecular weight is 408 g/mol. The Labute approximate surface area is 164 Å². The summed E-state index contributed by atoms with van der Waals surface area (Å²) in [7, 11) is 0. The first-order valence-corrected chi connectivity index (χ1v) is 8.80. The standard InChI is InChI=1S/C20H16ClF2NO4/c1-3-28-16(25)8-13-10(2)24(20(27)11-5-4-6-12(21)7-11)15-9-14(22)19(26)18(23)17(13)15/h4-7,9,26H,3,8H2,1-2H3. The maximum Gasteiger partial charge on any atom is 0.310 e. The molecule has 1 heterocycles. The van der Waals surface area contributed by atoms with Gasteiger partial charge in [0, 0.05) is 27.7 Å². The lowest BCUT2D eigenvalue weighted by Crippen LogP contribution is -2.14. The molecule has 5 nitrogen and oxygen atoms in total. The molecule has 1 aromatic heterocycles. The molecule has 3 rings (SSSR count). The van der Waals surface area contributed by atoms with Gasteiger partial charge in [-0.05, 0) is 37.6 Å². The van der Waals surface area contributed by atoms with Crippen LogP contribution in [0.2, 0.25) is 5.02 Å². The van der Waals surface area contributed by atoms with Crippen LogP contribution in [0.3, 0.4) is 0 Å². The van der Waals surface area contributed by atoms with Crippen LogP contribution < -0.4 is 0 Å². The van der Waals surface area contributed by atoms with E-state index in [2.05, 4.69) is 0 Å². The van der Waals surface area contributed by atoms with Crippen LogP contribution in [0.1, 0.15) is 28.5 Å². The van der Waals surface area contributed by atoms with Crippen molar-refractivity contribution in [2.45, 2.75) is 20.3 Å². The molecule has 3 aromatic rings. The summed E-state index contributed by atoms with van der Waals surface area (Å²) < 4.78 is 34.7. The predicted octanol–water partition coefficient (Wildman–Crippen LogP) is 4.38. The molecule has 0 bridgehead atoms. The Bertz CT molecular complexity index is 1110. The lowest BCUT2D eigenvalue weighted by atomic mass is 10.1. The molecule has 0 aliphatic carbocycles. The summed E-state index contributed by atoms with van der Waals surface area (Å²) in [6.07, 6.45) is -0.339. The lowest BCUT2D eigenvalue weighted by Gasteiger charge is -2.08. The largest absolute Gasteiger partial charge is 0.503 e. The van der Waals surface area contributed by atoms with E-state index in [1.54, 1.807) is 19.1 Å². The molecule has 0 saturated heterocycles. The van der Waals surface area contributed by atoms with Crippen molar-refractivity contribution in [2.75, 3.05) is 6.61 Å².